The summed E-state index contributed by atoms with van der Waals surface area (Å²) in [7, 11) is 0. The molecule has 2 rings (SSSR count). The van der Waals surface area contributed by atoms with E-state index in [1.54, 1.807) is 12.3 Å². The lowest BCUT2D eigenvalue weighted by molar-refractivity contribution is -0.137. The molecule has 2 aromatic heterocycles. The number of carboxylic acid groups (broad SMARTS) is 1. The van der Waals surface area contributed by atoms with Gasteiger partial charge in [0.2, 0.25) is 5.76 Å². The third-order valence-electron chi connectivity index (χ3n) is 3.25. The number of rotatable bonds is 8. The zero-order chi connectivity index (χ0) is 15.2. The first-order valence-electron chi connectivity index (χ1n) is 7.01. The van der Waals surface area contributed by atoms with Crippen LogP contribution in [0.3, 0.4) is 0 Å². The molecule has 0 amide bonds. The molecule has 6 heteroatoms. The maximum Gasteiger partial charge on any atom is 0.303 e. The molecule has 6 nitrogen and oxygen atoms in total. The van der Waals surface area contributed by atoms with Crippen molar-refractivity contribution in [3.63, 3.8) is 0 Å². The minimum absolute atomic E-state index is 0.180. The molecule has 0 bridgehead atoms. The molecule has 0 saturated heterocycles. The minimum Gasteiger partial charge on any atom is -0.481 e. The second-order valence-corrected chi connectivity index (χ2v) is 5.22. The normalized spacial score (nSPS) is 11.4. The van der Waals surface area contributed by atoms with E-state index in [9.17, 15) is 4.79 Å². The summed E-state index contributed by atoms with van der Waals surface area (Å²) >= 11 is 0. The van der Waals surface area contributed by atoms with E-state index in [0.29, 0.717) is 37.1 Å². The van der Waals surface area contributed by atoms with E-state index < -0.39 is 5.97 Å². The number of hydrogen-bond donors (Lipinski definition) is 1. The van der Waals surface area contributed by atoms with Gasteiger partial charge < -0.3 is 14.0 Å². The topological polar surface area (TPSA) is 79.7 Å². The third-order valence-corrected chi connectivity index (χ3v) is 3.25. The Morgan fingerprint density at radius 3 is 2.86 bits per heavy atom. The number of aliphatic carboxylic acids is 1. The molecule has 0 radical (unpaired) electrons. The lowest BCUT2D eigenvalue weighted by atomic mass is 10.2. The summed E-state index contributed by atoms with van der Waals surface area (Å²) in [5.74, 6) is 0.486. The fourth-order valence-electron chi connectivity index (χ4n) is 2.08. The molecule has 114 valence electrons. The monoisotopic (exact) mass is 292 g/mol. The predicted molar refractivity (Wildman–Crippen MR) is 76.6 cm³/mol. The van der Waals surface area contributed by atoms with Crippen molar-refractivity contribution in [2.24, 2.45) is 0 Å². The van der Waals surface area contributed by atoms with Gasteiger partial charge in [0.15, 0.2) is 5.76 Å². The van der Waals surface area contributed by atoms with Gasteiger partial charge in [-0.25, -0.2) is 0 Å². The number of carbonyl (C=O) groups is 1. The van der Waals surface area contributed by atoms with Gasteiger partial charge in [-0.3, -0.25) is 9.69 Å². The Morgan fingerprint density at radius 1 is 1.43 bits per heavy atom. The summed E-state index contributed by atoms with van der Waals surface area (Å²) in [6, 6.07) is 5.77. The Kier molecular flexibility index (Phi) is 5.16. The molecule has 2 heterocycles. The van der Waals surface area contributed by atoms with Crippen LogP contribution >= 0.6 is 0 Å². The second-order valence-electron chi connectivity index (χ2n) is 5.22. The molecule has 0 atom stereocenters. The van der Waals surface area contributed by atoms with Crippen molar-refractivity contribution < 1.29 is 18.8 Å². The fraction of sp³-hybridized carbons (Fsp3) is 0.467. The lowest BCUT2D eigenvalue weighted by Gasteiger charge is -2.24. The SMILES string of the molecule is CC(C)N(CCCC(=O)O)Cc1cc(-c2ccco2)on1. The van der Waals surface area contributed by atoms with Crippen LogP contribution < -0.4 is 0 Å². The molecule has 0 aliphatic rings. The number of aromatic nitrogens is 1. The molecule has 0 unspecified atom stereocenters. The lowest BCUT2D eigenvalue weighted by Crippen LogP contribution is -2.31. The fourth-order valence-corrected chi connectivity index (χ4v) is 2.08. The zero-order valence-electron chi connectivity index (χ0n) is 12.3. The second kappa shape index (κ2) is 7.08. The number of carboxylic acids is 1. The highest BCUT2D eigenvalue weighted by Gasteiger charge is 2.15. The third kappa shape index (κ3) is 4.46. The highest BCUT2D eigenvalue weighted by atomic mass is 16.5. The van der Waals surface area contributed by atoms with Crippen LogP contribution in [-0.2, 0) is 11.3 Å². The smallest absolute Gasteiger partial charge is 0.303 e. The quantitative estimate of drug-likeness (QED) is 0.805. The van der Waals surface area contributed by atoms with Crippen molar-refractivity contribution >= 4 is 5.97 Å². The summed E-state index contributed by atoms with van der Waals surface area (Å²) in [5, 5.41) is 12.8. The van der Waals surface area contributed by atoms with E-state index in [2.05, 4.69) is 23.9 Å². The standard InChI is InChI=1S/C15H20N2O4/c1-11(2)17(7-3-6-15(18)19)10-12-9-14(21-16-12)13-5-4-8-20-13/h4-5,8-9,11H,3,6-7,10H2,1-2H3,(H,18,19). The van der Waals surface area contributed by atoms with Crippen molar-refractivity contribution in [2.75, 3.05) is 6.54 Å². The molecule has 0 aliphatic carbocycles. The molecule has 21 heavy (non-hydrogen) atoms. The van der Waals surface area contributed by atoms with Crippen LogP contribution in [0.15, 0.2) is 33.4 Å². The molecular formula is C15H20N2O4. The van der Waals surface area contributed by atoms with E-state index in [-0.39, 0.29) is 6.42 Å². The Bertz CT molecular complexity index is 560. The van der Waals surface area contributed by atoms with Gasteiger partial charge >= 0.3 is 5.97 Å². The van der Waals surface area contributed by atoms with Gasteiger partial charge in [0.05, 0.1) is 12.0 Å². The van der Waals surface area contributed by atoms with Crippen LogP contribution in [-0.4, -0.2) is 33.7 Å². The van der Waals surface area contributed by atoms with Crippen LogP contribution in [0, 0.1) is 0 Å². The number of furan rings is 1. The summed E-state index contributed by atoms with van der Waals surface area (Å²) < 4.78 is 10.5. The summed E-state index contributed by atoms with van der Waals surface area (Å²) in [4.78, 5) is 12.8. The molecule has 0 spiro atoms. The van der Waals surface area contributed by atoms with Gasteiger partial charge in [-0.15, -0.1) is 0 Å². The van der Waals surface area contributed by atoms with Crippen LogP contribution in [0.4, 0.5) is 0 Å². The average molecular weight is 292 g/mol. The predicted octanol–water partition coefficient (Wildman–Crippen LogP) is 3.01. The van der Waals surface area contributed by atoms with E-state index in [1.807, 2.05) is 12.1 Å². The van der Waals surface area contributed by atoms with Gasteiger partial charge in [-0.2, -0.15) is 0 Å². The maximum absolute atomic E-state index is 10.6. The van der Waals surface area contributed by atoms with E-state index in [0.717, 1.165) is 5.69 Å². The van der Waals surface area contributed by atoms with E-state index >= 15 is 0 Å². The van der Waals surface area contributed by atoms with Gasteiger partial charge in [0.1, 0.15) is 0 Å². The van der Waals surface area contributed by atoms with E-state index in [4.69, 9.17) is 14.0 Å². The van der Waals surface area contributed by atoms with E-state index in [1.165, 1.54) is 0 Å². The summed E-state index contributed by atoms with van der Waals surface area (Å²) in [5.41, 5.74) is 0.811. The maximum atomic E-state index is 10.6. The largest absolute Gasteiger partial charge is 0.481 e. The van der Waals surface area contributed by atoms with Gasteiger partial charge in [0, 0.05) is 25.1 Å². The number of nitrogens with zero attached hydrogens (tertiary/aromatic N) is 2. The first kappa shape index (κ1) is 15.3. The molecule has 0 aromatic carbocycles. The Balaban J connectivity index is 1.95. The van der Waals surface area contributed by atoms with Crippen LogP contribution in [0.5, 0.6) is 0 Å². The molecule has 2 aromatic rings. The van der Waals surface area contributed by atoms with Crippen LogP contribution in [0.2, 0.25) is 0 Å². The average Bonchev–Trinajstić information content (AvgIpc) is 3.07. The molecule has 0 saturated carbocycles. The molecular weight excluding hydrogens is 272 g/mol. The van der Waals surface area contributed by atoms with Crippen molar-refractivity contribution in [1.82, 2.24) is 10.1 Å². The molecule has 0 aliphatic heterocycles. The first-order valence-corrected chi connectivity index (χ1v) is 7.01. The van der Waals surface area contributed by atoms with Crippen LogP contribution in [0.1, 0.15) is 32.4 Å². The zero-order valence-corrected chi connectivity index (χ0v) is 12.3. The Morgan fingerprint density at radius 2 is 2.24 bits per heavy atom. The molecule has 1 N–H and O–H groups in total. The first-order chi connectivity index (χ1) is 10.1. The highest BCUT2D eigenvalue weighted by Crippen LogP contribution is 2.21. The summed E-state index contributed by atoms with van der Waals surface area (Å²) in [6.07, 6.45) is 2.39. The minimum atomic E-state index is -0.764. The van der Waals surface area contributed by atoms with Gasteiger partial charge in [-0.05, 0) is 38.9 Å². The van der Waals surface area contributed by atoms with Crippen molar-refractivity contribution in [3.8, 4) is 11.5 Å². The summed E-state index contributed by atoms with van der Waals surface area (Å²) in [6.45, 7) is 5.50. The Hall–Kier alpha value is -2.08. The van der Waals surface area contributed by atoms with Crippen molar-refractivity contribution in [2.45, 2.75) is 39.3 Å². The van der Waals surface area contributed by atoms with Crippen molar-refractivity contribution in [1.29, 1.82) is 0 Å². The van der Waals surface area contributed by atoms with Gasteiger partial charge in [0.25, 0.3) is 0 Å². The number of hydrogen-bond acceptors (Lipinski definition) is 5. The highest BCUT2D eigenvalue weighted by molar-refractivity contribution is 5.66. The van der Waals surface area contributed by atoms with Crippen LogP contribution in [0.25, 0.3) is 11.5 Å². The molecule has 0 fully saturated rings. The Labute approximate surface area is 123 Å². The van der Waals surface area contributed by atoms with Crippen molar-refractivity contribution in [3.05, 3.63) is 30.2 Å². The van der Waals surface area contributed by atoms with Gasteiger partial charge in [-0.1, -0.05) is 5.16 Å².